The standard InChI is InChI=1S/C22H19N4O2.Y/c1-14-6-2-3-7-16(14)19-13-25-28-20(19)18-12-24-21-17(18)10-15(11-23-21)22(27)26-8-4-5-9-26;/h2-3,7,10-13H,4-5,8-9H2,1H3,(H,23,24);/q-1;. The molecule has 1 saturated heterocycles. The molecule has 4 aromatic rings. The number of hydrogen-bond acceptors (Lipinski definition) is 4. The molecule has 0 bridgehead atoms. The van der Waals surface area contributed by atoms with Crippen LogP contribution in [0.1, 0.15) is 28.8 Å². The van der Waals surface area contributed by atoms with Crippen LogP contribution in [-0.2, 0) is 32.7 Å². The van der Waals surface area contributed by atoms with Crippen LogP contribution >= 0.6 is 0 Å². The fourth-order valence-electron chi connectivity index (χ4n) is 3.85. The largest absolute Gasteiger partial charge is 0.357 e. The zero-order valence-corrected chi connectivity index (χ0v) is 18.9. The summed E-state index contributed by atoms with van der Waals surface area (Å²) >= 11 is 0. The van der Waals surface area contributed by atoms with Crippen LogP contribution in [0, 0.1) is 13.0 Å². The van der Waals surface area contributed by atoms with Crippen molar-refractivity contribution in [3.05, 3.63) is 60.0 Å². The van der Waals surface area contributed by atoms with Crippen molar-refractivity contribution >= 4 is 16.9 Å². The molecule has 0 spiro atoms. The molecule has 0 saturated carbocycles. The summed E-state index contributed by atoms with van der Waals surface area (Å²) in [5, 5.41) is 4.87. The van der Waals surface area contributed by atoms with E-state index >= 15 is 0 Å². The van der Waals surface area contributed by atoms with Gasteiger partial charge in [-0.2, -0.15) is 29.8 Å². The van der Waals surface area contributed by atoms with Crippen LogP contribution in [0.4, 0.5) is 0 Å². The molecule has 1 aliphatic heterocycles. The van der Waals surface area contributed by atoms with E-state index in [-0.39, 0.29) is 38.6 Å². The van der Waals surface area contributed by atoms with Gasteiger partial charge in [-0.05, 0) is 24.5 Å². The van der Waals surface area contributed by atoms with Crippen LogP contribution < -0.4 is 0 Å². The molecule has 1 N–H and O–H groups in total. The second kappa shape index (κ2) is 8.21. The first-order valence-corrected chi connectivity index (χ1v) is 9.41. The van der Waals surface area contributed by atoms with Gasteiger partial charge < -0.3 is 14.4 Å². The van der Waals surface area contributed by atoms with E-state index in [0.29, 0.717) is 17.0 Å². The summed E-state index contributed by atoms with van der Waals surface area (Å²) in [6, 6.07) is 11.0. The van der Waals surface area contributed by atoms with Crippen LogP contribution in [0.25, 0.3) is 33.5 Å². The van der Waals surface area contributed by atoms with E-state index < -0.39 is 0 Å². The van der Waals surface area contributed by atoms with Crippen molar-refractivity contribution in [2.45, 2.75) is 19.8 Å². The van der Waals surface area contributed by atoms with E-state index in [1.165, 1.54) is 0 Å². The van der Waals surface area contributed by atoms with Crippen molar-refractivity contribution in [3.63, 3.8) is 0 Å². The van der Waals surface area contributed by atoms with E-state index in [0.717, 1.165) is 53.6 Å². The molecule has 0 unspecified atom stereocenters. The monoisotopic (exact) mass is 460 g/mol. The maximum Gasteiger partial charge on any atom is 0.255 e. The van der Waals surface area contributed by atoms with E-state index in [2.05, 4.69) is 21.2 Å². The molecular weight excluding hydrogens is 441 g/mol. The van der Waals surface area contributed by atoms with Gasteiger partial charge in [0.05, 0.1) is 11.8 Å². The van der Waals surface area contributed by atoms with Gasteiger partial charge in [0.2, 0.25) is 0 Å². The summed E-state index contributed by atoms with van der Waals surface area (Å²) in [7, 11) is 0. The average molecular weight is 460 g/mol. The molecule has 29 heavy (non-hydrogen) atoms. The number of fused-ring (bicyclic) bond motifs is 1. The number of benzene rings is 1. The van der Waals surface area contributed by atoms with Crippen molar-refractivity contribution in [2.24, 2.45) is 0 Å². The summed E-state index contributed by atoms with van der Waals surface area (Å²) in [5.41, 5.74) is 5.09. The first-order chi connectivity index (χ1) is 13.7. The van der Waals surface area contributed by atoms with Crippen molar-refractivity contribution in [3.8, 4) is 22.5 Å². The SMILES string of the molecule is Cc1[c-]cccc1-c1cnoc1-c1c[nH]c2ncc(C(=O)N3CCCC3)cc12.[Y]. The fourth-order valence-corrected chi connectivity index (χ4v) is 3.85. The maximum absolute atomic E-state index is 12.8. The van der Waals surface area contributed by atoms with Gasteiger partial charge in [0.15, 0.2) is 5.76 Å². The molecule has 143 valence electrons. The summed E-state index contributed by atoms with van der Waals surface area (Å²) in [5.74, 6) is 0.687. The number of H-pyrrole nitrogens is 1. The normalized spacial score (nSPS) is 13.6. The Morgan fingerprint density at radius 1 is 1.21 bits per heavy atom. The number of aryl methyl sites for hydroxylation is 1. The number of carbonyl (C=O) groups is 1. The van der Waals surface area contributed by atoms with Gasteiger partial charge in [-0.15, -0.1) is 5.56 Å². The Labute approximate surface area is 193 Å². The van der Waals surface area contributed by atoms with E-state index in [1.807, 2.05) is 42.3 Å². The first-order valence-electron chi connectivity index (χ1n) is 9.41. The number of aromatic nitrogens is 3. The number of pyridine rings is 1. The minimum Gasteiger partial charge on any atom is -0.357 e. The summed E-state index contributed by atoms with van der Waals surface area (Å²) < 4.78 is 5.62. The molecule has 0 atom stereocenters. The average Bonchev–Trinajstić information content (AvgIpc) is 3.47. The molecule has 1 amide bonds. The Kier molecular flexibility index (Phi) is 5.66. The van der Waals surface area contributed by atoms with Crippen LogP contribution in [0.15, 0.2) is 47.4 Å². The second-order valence-corrected chi connectivity index (χ2v) is 7.10. The van der Waals surface area contributed by atoms with Crippen molar-refractivity contribution in [1.82, 2.24) is 20.0 Å². The van der Waals surface area contributed by atoms with E-state index in [9.17, 15) is 4.79 Å². The number of likely N-dealkylation sites (tertiary alicyclic amines) is 1. The topological polar surface area (TPSA) is 75.0 Å². The zero-order valence-electron chi connectivity index (χ0n) is 16.1. The molecule has 1 fully saturated rings. The molecule has 3 aromatic heterocycles. The number of amides is 1. The minimum absolute atomic E-state index is 0. The quantitative estimate of drug-likeness (QED) is 0.465. The molecule has 1 radical (unpaired) electrons. The fraction of sp³-hybridized carbons (Fsp3) is 0.227. The zero-order chi connectivity index (χ0) is 19.1. The minimum atomic E-state index is 0. The Bertz CT molecular complexity index is 1170. The molecule has 4 heterocycles. The Morgan fingerprint density at radius 3 is 2.83 bits per heavy atom. The Hall–Kier alpha value is -2.31. The maximum atomic E-state index is 12.8. The second-order valence-electron chi connectivity index (χ2n) is 7.10. The van der Waals surface area contributed by atoms with Gasteiger partial charge in [-0.3, -0.25) is 4.79 Å². The summed E-state index contributed by atoms with van der Waals surface area (Å²) in [4.78, 5) is 22.3. The molecule has 1 aliphatic rings. The number of rotatable bonds is 3. The third kappa shape index (κ3) is 3.56. The molecule has 1 aromatic carbocycles. The third-order valence-electron chi connectivity index (χ3n) is 5.34. The van der Waals surface area contributed by atoms with E-state index in [4.69, 9.17) is 4.52 Å². The van der Waals surface area contributed by atoms with Crippen LogP contribution in [0.5, 0.6) is 0 Å². The van der Waals surface area contributed by atoms with Gasteiger partial charge in [-0.25, -0.2) is 4.98 Å². The number of nitrogens with zero attached hydrogens (tertiary/aromatic N) is 3. The first kappa shape index (κ1) is 20.0. The predicted molar refractivity (Wildman–Crippen MR) is 106 cm³/mol. The number of nitrogens with one attached hydrogen (secondary N) is 1. The van der Waals surface area contributed by atoms with Crippen molar-refractivity contribution in [2.75, 3.05) is 13.1 Å². The third-order valence-corrected chi connectivity index (χ3v) is 5.34. The summed E-state index contributed by atoms with van der Waals surface area (Å²) in [6.07, 6.45) is 7.34. The van der Waals surface area contributed by atoms with Crippen LogP contribution in [0.3, 0.4) is 0 Å². The van der Waals surface area contributed by atoms with Crippen molar-refractivity contribution in [1.29, 1.82) is 0 Å². The van der Waals surface area contributed by atoms with Gasteiger partial charge >= 0.3 is 0 Å². The van der Waals surface area contributed by atoms with E-state index in [1.54, 1.807) is 12.4 Å². The van der Waals surface area contributed by atoms with Gasteiger partial charge in [0.1, 0.15) is 5.65 Å². The molecule has 0 aliphatic carbocycles. The van der Waals surface area contributed by atoms with Crippen molar-refractivity contribution < 1.29 is 42.0 Å². The summed E-state index contributed by atoms with van der Waals surface area (Å²) in [6.45, 7) is 3.63. The number of hydrogen-bond donors (Lipinski definition) is 1. The molecule has 6 nitrogen and oxygen atoms in total. The van der Waals surface area contributed by atoms with Crippen LogP contribution in [0.2, 0.25) is 0 Å². The van der Waals surface area contributed by atoms with Gasteiger partial charge in [-0.1, -0.05) is 12.1 Å². The number of aromatic amines is 1. The molecule has 5 rings (SSSR count). The Balaban J connectivity index is 0.00000205. The smallest absolute Gasteiger partial charge is 0.255 e. The van der Waals surface area contributed by atoms with Gasteiger partial charge in [0.25, 0.3) is 5.91 Å². The Morgan fingerprint density at radius 2 is 2.03 bits per heavy atom. The van der Waals surface area contributed by atoms with Gasteiger partial charge in [0, 0.05) is 69.1 Å². The predicted octanol–water partition coefficient (Wildman–Crippen LogP) is 4.23. The molecule has 7 heteroatoms. The molecular formula is C22H19N4O2Y-. The number of carbonyl (C=O) groups excluding carboxylic acids is 1. The van der Waals surface area contributed by atoms with Crippen LogP contribution in [-0.4, -0.2) is 39.0 Å².